The number of thiazole rings is 1. The first kappa shape index (κ1) is 20.5. The number of nitrogens with two attached hydrogens (primary N) is 1. The summed E-state index contributed by atoms with van der Waals surface area (Å²) < 4.78 is 0. The van der Waals surface area contributed by atoms with Crippen molar-refractivity contribution < 1.29 is 9.59 Å². The van der Waals surface area contributed by atoms with Crippen LogP contribution in [0.3, 0.4) is 0 Å². The fraction of sp³-hybridized carbons (Fsp3) is 0.476. The molecule has 0 spiro atoms. The number of carbonyl (C=O) groups is 2. The molecule has 1 aliphatic rings. The summed E-state index contributed by atoms with van der Waals surface area (Å²) in [6.07, 6.45) is 3.32. The standard InChI is InChI=1S/C21H28N4O2S/c1-13-8-15(3)17(9-14(13)2)18-12-28-21(23-18)24-20(27)11-25-7-5-4-6-16(25)10-19(22)26/h8-9,12,16H,4-7,10-11H2,1-3H3,(H2,22,26)(H,23,24,27). The highest BCUT2D eigenvalue weighted by molar-refractivity contribution is 7.14. The average molecular weight is 401 g/mol. The maximum atomic E-state index is 12.5. The van der Waals surface area contributed by atoms with E-state index in [0.717, 1.165) is 37.1 Å². The number of primary amides is 1. The second-order valence-electron chi connectivity index (χ2n) is 7.63. The van der Waals surface area contributed by atoms with E-state index in [9.17, 15) is 9.59 Å². The van der Waals surface area contributed by atoms with Crippen molar-refractivity contribution in [3.8, 4) is 11.3 Å². The Labute approximate surface area is 170 Å². The van der Waals surface area contributed by atoms with E-state index in [2.05, 4.69) is 48.1 Å². The van der Waals surface area contributed by atoms with Crippen LogP contribution in [0.15, 0.2) is 17.5 Å². The number of carbonyl (C=O) groups excluding carboxylic acids is 2. The van der Waals surface area contributed by atoms with Crippen LogP contribution in [0.1, 0.15) is 42.4 Å². The molecule has 150 valence electrons. The maximum Gasteiger partial charge on any atom is 0.240 e. The molecule has 0 aliphatic carbocycles. The quantitative estimate of drug-likeness (QED) is 0.778. The van der Waals surface area contributed by atoms with E-state index in [1.54, 1.807) is 0 Å². The lowest BCUT2D eigenvalue weighted by molar-refractivity contribution is -0.122. The molecule has 6 nitrogen and oxygen atoms in total. The van der Waals surface area contributed by atoms with Gasteiger partial charge in [-0.15, -0.1) is 11.3 Å². The van der Waals surface area contributed by atoms with Gasteiger partial charge in [-0.2, -0.15) is 0 Å². The highest BCUT2D eigenvalue weighted by atomic mass is 32.1. The zero-order valence-corrected chi connectivity index (χ0v) is 17.6. The summed E-state index contributed by atoms with van der Waals surface area (Å²) in [5.41, 5.74) is 11.0. The first-order valence-corrected chi connectivity index (χ1v) is 10.6. The molecule has 7 heteroatoms. The van der Waals surface area contributed by atoms with Crippen LogP contribution in [0.5, 0.6) is 0 Å². The Bertz CT molecular complexity index is 877. The van der Waals surface area contributed by atoms with Crippen molar-refractivity contribution in [3.63, 3.8) is 0 Å². The summed E-state index contributed by atoms with van der Waals surface area (Å²) in [7, 11) is 0. The third kappa shape index (κ3) is 4.97. The predicted molar refractivity (Wildman–Crippen MR) is 113 cm³/mol. The lowest BCUT2D eigenvalue weighted by atomic mass is 9.99. The molecule has 0 radical (unpaired) electrons. The molecular formula is C21H28N4O2S. The van der Waals surface area contributed by atoms with E-state index in [-0.39, 0.29) is 24.4 Å². The fourth-order valence-corrected chi connectivity index (χ4v) is 4.49. The summed E-state index contributed by atoms with van der Waals surface area (Å²) >= 11 is 1.43. The molecule has 3 N–H and O–H groups in total. The molecule has 28 heavy (non-hydrogen) atoms. The topological polar surface area (TPSA) is 88.3 Å². The minimum absolute atomic E-state index is 0.0574. The monoisotopic (exact) mass is 400 g/mol. The summed E-state index contributed by atoms with van der Waals surface area (Å²) in [5, 5.41) is 5.48. The van der Waals surface area contributed by atoms with Crippen LogP contribution >= 0.6 is 11.3 Å². The molecule has 1 unspecified atom stereocenters. The van der Waals surface area contributed by atoms with Crippen molar-refractivity contribution in [1.82, 2.24) is 9.88 Å². The number of rotatable bonds is 6. The fourth-order valence-electron chi connectivity index (χ4n) is 3.77. The van der Waals surface area contributed by atoms with Gasteiger partial charge in [0, 0.05) is 23.4 Å². The number of hydrogen-bond donors (Lipinski definition) is 2. The van der Waals surface area contributed by atoms with Gasteiger partial charge in [-0.05, 0) is 62.9 Å². The zero-order chi connectivity index (χ0) is 20.3. The van der Waals surface area contributed by atoms with Gasteiger partial charge in [0.1, 0.15) is 0 Å². The van der Waals surface area contributed by atoms with Gasteiger partial charge < -0.3 is 11.1 Å². The van der Waals surface area contributed by atoms with Gasteiger partial charge in [0.2, 0.25) is 11.8 Å². The van der Waals surface area contributed by atoms with Gasteiger partial charge in [0.05, 0.1) is 12.2 Å². The Balaban J connectivity index is 1.65. The summed E-state index contributed by atoms with van der Waals surface area (Å²) in [5.74, 6) is -0.417. The molecule has 0 saturated carbocycles. The normalized spacial score (nSPS) is 17.5. The third-order valence-electron chi connectivity index (χ3n) is 5.40. The summed E-state index contributed by atoms with van der Waals surface area (Å²) in [4.78, 5) is 30.5. The summed E-state index contributed by atoms with van der Waals surface area (Å²) in [6.45, 7) is 7.35. The minimum atomic E-state index is -0.314. The molecule has 1 atom stereocenters. The van der Waals surface area contributed by atoms with Gasteiger partial charge in [0.15, 0.2) is 5.13 Å². The Morgan fingerprint density at radius 2 is 1.96 bits per heavy atom. The van der Waals surface area contributed by atoms with Gasteiger partial charge in [0.25, 0.3) is 0 Å². The number of benzene rings is 1. The van der Waals surface area contributed by atoms with E-state index in [4.69, 9.17) is 5.73 Å². The number of nitrogens with one attached hydrogen (secondary N) is 1. The van der Waals surface area contributed by atoms with Gasteiger partial charge in [-0.3, -0.25) is 14.5 Å². The second-order valence-corrected chi connectivity index (χ2v) is 8.49. The molecule has 2 aromatic rings. The summed E-state index contributed by atoms with van der Waals surface area (Å²) in [6, 6.07) is 4.37. The zero-order valence-electron chi connectivity index (χ0n) is 16.7. The van der Waals surface area contributed by atoms with E-state index in [1.165, 1.54) is 28.0 Å². The first-order chi connectivity index (χ1) is 13.3. The number of aromatic nitrogens is 1. The highest BCUT2D eigenvalue weighted by Gasteiger charge is 2.25. The van der Waals surface area contributed by atoms with Crippen LogP contribution in [-0.4, -0.2) is 40.8 Å². The lowest BCUT2D eigenvalue weighted by Gasteiger charge is -2.34. The Hall–Kier alpha value is -2.25. The van der Waals surface area contributed by atoms with Crippen LogP contribution in [-0.2, 0) is 9.59 Å². The number of hydrogen-bond acceptors (Lipinski definition) is 5. The number of amides is 2. The molecule has 1 fully saturated rings. The van der Waals surface area contributed by atoms with Gasteiger partial charge in [-0.25, -0.2) is 4.98 Å². The number of anilines is 1. The van der Waals surface area contributed by atoms with Gasteiger partial charge in [-0.1, -0.05) is 12.5 Å². The first-order valence-electron chi connectivity index (χ1n) is 9.69. The lowest BCUT2D eigenvalue weighted by Crippen LogP contribution is -2.45. The van der Waals surface area contributed by atoms with E-state index >= 15 is 0 Å². The van der Waals surface area contributed by atoms with E-state index in [1.807, 2.05) is 5.38 Å². The van der Waals surface area contributed by atoms with Gasteiger partial charge >= 0.3 is 0 Å². The number of likely N-dealkylation sites (tertiary alicyclic amines) is 1. The Morgan fingerprint density at radius 3 is 2.71 bits per heavy atom. The van der Waals surface area contributed by atoms with Crippen molar-refractivity contribution in [2.45, 2.75) is 52.5 Å². The number of aryl methyl sites for hydroxylation is 3. The van der Waals surface area contributed by atoms with Crippen LogP contribution in [0, 0.1) is 20.8 Å². The average Bonchev–Trinajstić information content (AvgIpc) is 3.07. The van der Waals surface area contributed by atoms with Crippen LogP contribution < -0.4 is 11.1 Å². The molecular weight excluding hydrogens is 372 g/mol. The van der Waals surface area contributed by atoms with Crippen LogP contribution in [0.2, 0.25) is 0 Å². The van der Waals surface area contributed by atoms with Crippen molar-refractivity contribution in [1.29, 1.82) is 0 Å². The molecule has 1 saturated heterocycles. The van der Waals surface area contributed by atoms with E-state index in [0.29, 0.717) is 11.6 Å². The van der Waals surface area contributed by atoms with Crippen molar-refractivity contribution in [2.75, 3.05) is 18.4 Å². The molecule has 1 aliphatic heterocycles. The number of piperidine rings is 1. The molecule has 3 rings (SSSR count). The van der Waals surface area contributed by atoms with Crippen LogP contribution in [0.25, 0.3) is 11.3 Å². The predicted octanol–water partition coefficient (Wildman–Crippen LogP) is 3.40. The SMILES string of the molecule is Cc1cc(C)c(-c2csc(NC(=O)CN3CCCCC3CC(N)=O)n2)cc1C. The smallest absolute Gasteiger partial charge is 0.240 e. The second kappa shape index (κ2) is 8.84. The Kier molecular flexibility index (Phi) is 6.46. The molecule has 2 amide bonds. The number of nitrogens with zero attached hydrogens (tertiary/aromatic N) is 2. The third-order valence-corrected chi connectivity index (χ3v) is 6.16. The molecule has 1 aromatic carbocycles. The van der Waals surface area contributed by atoms with E-state index < -0.39 is 0 Å². The Morgan fingerprint density at radius 1 is 1.21 bits per heavy atom. The van der Waals surface area contributed by atoms with Crippen molar-refractivity contribution in [3.05, 3.63) is 34.2 Å². The largest absolute Gasteiger partial charge is 0.370 e. The van der Waals surface area contributed by atoms with Crippen molar-refractivity contribution >= 4 is 28.3 Å². The maximum absolute atomic E-state index is 12.5. The van der Waals surface area contributed by atoms with Crippen molar-refractivity contribution in [2.24, 2.45) is 5.73 Å². The molecule has 2 heterocycles. The van der Waals surface area contributed by atoms with Crippen LogP contribution in [0.4, 0.5) is 5.13 Å². The minimum Gasteiger partial charge on any atom is -0.370 e. The molecule has 1 aromatic heterocycles. The highest BCUT2D eigenvalue weighted by Crippen LogP contribution is 2.29. The molecule has 0 bridgehead atoms.